The molecule has 0 N–H and O–H groups in total. The van der Waals surface area contributed by atoms with Gasteiger partial charge in [0.05, 0.1) is 0 Å². The van der Waals surface area contributed by atoms with E-state index >= 15 is 0 Å². The zero-order valence-corrected chi connectivity index (χ0v) is 7.65. The first-order valence-electron chi connectivity index (χ1n) is 4.40. The lowest BCUT2D eigenvalue weighted by molar-refractivity contribution is -0.0999. The van der Waals surface area contributed by atoms with E-state index in [2.05, 4.69) is 25.3 Å². The van der Waals surface area contributed by atoms with Crippen molar-refractivity contribution in [2.45, 2.75) is 39.5 Å². The first-order valence-corrected chi connectivity index (χ1v) is 4.40. The SMILES string of the molecule is CCCCC[O+](C)CCC. The van der Waals surface area contributed by atoms with Crippen molar-refractivity contribution in [2.75, 3.05) is 20.3 Å². The summed E-state index contributed by atoms with van der Waals surface area (Å²) >= 11 is 0. The van der Waals surface area contributed by atoms with Crippen molar-refractivity contribution in [3.05, 3.63) is 0 Å². The van der Waals surface area contributed by atoms with Crippen LogP contribution in [0.3, 0.4) is 0 Å². The highest BCUT2D eigenvalue weighted by molar-refractivity contribution is 4.39. The Bertz CT molecular complexity index is 61.7. The molecule has 0 amide bonds. The lowest BCUT2D eigenvalue weighted by Crippen LogP contribution is -2.10. The summed E-state index contributed by atoms with van der Waals surface area (Å²) in [5.41, 5.74) is 0. The van der Waals surface area contributed by atoms with Crippen molar-refractivity contribution in [1.29, 1.82) is 0 Å². The minimum absolute atomic E-state index is 1.17. The lowest BCUT2D eigenvalue weighted by atomic mass is 10.3. The Labute approximate surface area is 65.1 Å². The van der Waals surface area contributed by atoms with Gasteiger partial charge in [-0.05, 0) is 6.42 Å². The maximum Gasteiger partial charge on any atom is 0.145 e. The first kappa shape index (κ1) is 9.96. The van der Waals surface area contributed by atoms with Crippen LogP contribution in [0.2, 0.25) is 0 Å². The third kappa shape index (κ3) is 6.09. The highest BCUT2D eigenvalue weighted by atomic mass is 16.7. The Balaban J connectivity index is 2.97. The summed E-state index contributed by atoms with van der Waals surface area (Å²) in [6.07, 6.45) is 5.26. The monoisotopic (exact) mass is 145 g/mol. The molecule has 0 bridgehead atoms. The molecule has 0 fully saturated rings. The smallest absolute Gasteiger partial charge is 0.145 e. The molecule has 0 rings (SSSR count). The predicted molar refractivity (Wildman–Crippen MR) is 46.6 cm³/mol. The number of unbranched alkanes of at least 4 members (excludes halogenated alkanes) is 2. The van der Waals surface area contributed by atoms with E-state index in [1.165, 1.54) is 38.9 Å². The summed E-state index contributed by atoms with van der Waals surface area (Å²) in [5.74, 6) is 0. The summed E-state index contributed by atoms with van der Waals surface area (Å²) in [6.45, 7) is 6.82. The van der Waals surface area contributed by atoms with Gasteiger partial charge >= 0.3 is 0 Å². The van der Waals surface area contributed by atoms with Gasteiger partial charge in [0.15, 0.2) is 0 Å². The summed E-state index contributed by atoms with van der Waals surface area (Å²) in [5, 5.41) is 0. The maximum atomic E-state index is 3.13. The molecule has 0 unspecified atom stereocenters. The zero-order valence-electron chi connectivity index (χ0n) is 7.65. The third-order valence-corrected chi connectivity index (χ3v) is 1.65. The van der Waals surface area contributed by atoms with E-state index in [0.717, 1.165) is 0 Å². The van der Waals surface area contributed by atoms with Crippen molar-refractivity contribution < 1.29 is 4.37 Å². The van der Waals surface area contributed by atoms with Crippen LogP contribution in [-0.2, 0) is 4.37 Å². The van der Waals surface area contributed by atoms with Crippen molar-refractivity contribution in [3.8, 4) is 0 Å². The third-order valence-electron chi connectivity index (χ3n) is 1.65. The Hall–Kier alpha value is -0.0400. The fraction of sp³-hybridized carbons (Fsp3) is 1.00. The molecule has 0 saturated carbocycles. The van der Waals surface area contributed by atoms with E-state index in [1.54, 1.807) is 0 Å². The molecule has 0 aliphatic heterocycles. The first-order chi connectivity index (χ1) is 4.81. The molecule has 0 aromatic rings. The van der Waals surface area contributed by atoms with Gasteiger partial charge in [-0.2, -0.15) is 0 Å². The van der Waals surface area contributed by atoms with E-state index in [0.29, 0.717) is 0 Å². The second-order valence-electron chi connectivity index (χ2n) is 2.90. The van der Waals surface area contributed by atoms with Gasteiger partial charge in [-0.1, -0.05) is 20.3 Å². The highest BCUT2D eigenvalue weighted by Gasteiger charge is 1.98. The van der Waals surface area contributed by atoms with Crippen LogP contribution < -0.4 is 0 Å². The largest absolute Gasteiger partial charge is 0.424 e. The molecule has 0 spiro atoms. The molecule has 1 heteroatoms. The molecule has 62 valence electrons. The van der Waals surface area contributed by atoms with Gasteiger partial charge in [-0.25, -0.2) is 0 Å². The fourth-order valence-corrected chi connectivity index (χ4v) is 1.05. The zero-order chi connectivity index (χ0) is 7.82. The fourth-order valence-electron chi connectivity index (χ4n) is 1.05. The molecule has 0 saturated heterocycles. The van der Waals surface area contributed by atoms with Crippen LogP contribution in [-0.4, -0.2) is 20.3 Å². The maximum absolute atomic E-state index is 3.13. The van der Waals surface area contributed by atoms with Crippen LogP contribution in [0.15, 0.2) is 0 Å². The van der Waals surface area contributed by atoms with Gasteiger partial charge in [-0.3, -0.25) is 0 Å². The Kier molecular flexibility index (Phi) is 7.04. The van der Waals surface area contributed by atoms with Gasteiger partial charge in [-0.15, -0.1) is 0 Å². The van der Waals surface area contributed by atoms with Gasteiger partial charge in [0.2, 0.25) is 0 Å². The molecule has 0 aliphatic carbocycles. The highest BCUT2D eigenvalue weighted by Crippen LogP contribution is 2.00. The van der Waals surface area contributed by atoms with Crippen LogP contribution in [0.1, 0.15) is 39.5 Å². The second-order valence-corrected chi connectivity index (χ2v) is 2.90. The molecule has 10 heavy (non-hydrogen) atoms. The minimum Gasteiger partial charge on any atom is -0.424 e. The molecule has 1 nitrogen and oxygen atoms in total. The summed E-state index contributed by atoms with van der Waals surface area (Å²) in [6, 6.07) is 0. The van der Waals surface area contributed by atoms with Gasteiger partial charge in [0.1, 0.15) is 20.3 Å². The molecule has 0 aromatic carbocycles. The van der Waals surface area contributed by atoms with Crippen molar-refractivity contribution in [3.63, 3.8) is 0 Å². The van der Waals surface area contributed by atoms with Crippen LogP contribution in [0, 0.1) is 0 Å². The molecule has 0 atom stereocenters. The predicted octanol–water partition coefficient (Wildman–Crippen LogP) is 2.77. The van der Waals surface area contributed by atoms with E-state index in [4.69, 9.17) is 0 Å². The summed E-state index contributed by atoms with van der Waals surface area (Å²) in [7, 11) is 2.12. The van der Waals surface area contributed by atoms with Crippen molar-refractivity contribution in [2.24, 2.45) is 0 Å². The normalized spacial score (nSPS) is 10.8. The van der Waals surface area contributed by atoms with Crippen LogP contribution >= 0.6 is 0 Å². The van der Waals surface area contributed by atoms with Crippen LogP contribution in [0.25, 0.3) is 0 Å². The molecule has 0 aromatic heterocycles. The lowest BCUT2D eigenvalue weighted by Gasteiger charge is -2.11. The van der Waals surface area contributed by atoms with Crippen molar-refractivity contribution in [1.82, 2.24) is 0 Å². The topological polar surface area (TPSA) is 2.70 Å². The standard InChI is InChI=1S/C9H21O/c1-4-6-7-9-10(3)8-5-2/h4-9H2,1-3H3/q+1. The Morgan fingerprint density at radius 1 is 0.900 bits per heavy atom. The minimum atomic E-state index is 1.17. The molecule has 0 radical (unpaired) electrons. The van der Waals surface area contributed by atoms with Crippen LogP contribution in [0.5, 0.6) is 0 Å². The average molecular weight is 145 g/mol. The Morgan fingerprint density at radius 2 is 1.60 bits per heavy atom. The quantitative estimate of drug-likeness (QED) is 0.399. The van der Waals surface area contributed by atoms with E-state index in [1.807, 2.05) is 0 Å². The number of rotatable bonds is 6. The molecule has 0 aliphatic rings. The molecule has 0 heterocycles. The molecular weight excluding hydrogens is 124 g/mol. The van der Waals surface area contributed by atoms with Gasteiger partial charge < -0.3 is 4.37 Å². The van der Waals surface area contributed by atoms with E-state index in [-0.39, 0.29) is 0 Å². The second kappa shape index (κ2) is 7.07. The Morgan fingerprint density at radius 3 is 2.10 bits per heavy atom. The summed E-state index contributed by atoms with van der Waals surface area (Å²) < 4.78 is 3.13. The van der Waals surface area contributed by atoms with E-state index < -0.39 is 0 Å². The van der Waals surface area contributed by atoms with Crippen molar-refractivity contribution >= 4 is 0 Å². The van der Waals surface area contributed by atoms with Gasteiger partial charge in [0, 0.05) is 12.8 Å². The average Bonchev–Trinajstić information content (AvgIpc) is 1.89. The number of hydrogen-bond donors (Lipinski definition) is 0. The summed E-state index contributed by atoms with van der Waals surface area (Å²) in [4.78, 5) is 0. The molecular formula is C9H21O+. The van der Waals surface area contributed by atoms with E-state index in [9.17, 15) is 0 Å². The van der Waals surface area contributed by atoms with Gasteiger partial charge in [0.25, 0.3) is 0 Å². The van der Waals surface area contributed by atoms with Crippen LogP contribution in [0.4, 0.5) is 0 Å². The number of hydrogen-bond acceptors (Lipinski definition) is 0.